The number of benzene rings is 2. The average Bonchev–Trinajstić information content (AvgIpc) is 3.12. The molecule has 1 aromatic heterocycles. The van der Waals surface area contributed by atoms with Crippen molar-refractivity contribution in [2.45, 2.75) is 6.10 Å². The maximum absolute atomic E-state index is 12.3. The van der Waals surface area contributed by atoms with E-state index in [2.05, 4.69) is 4.98 Å². The zero-order valence-corrected chi connectivity index (χ0v) is 14.5. The molecule has 0 aliphatic carbocycles. The molecule has 7 heteroatoms. The molecule has 0 aliphatic rings. The Balaban J connectivity index is 1.72. The summed E-state index contributed by atoms with van der Waals surface area (Å²) >= 11 is 1.22. The standard InChI is InChI=1S/C19H16N2O4S/c20-19-21-15(12-26-19)16(25-18(23)14-9-5-2-6-10-14)11-24-17(22)13-7-3-1-4-8-13/h1-10,12,16H,11H2,(H2,20,21). The highest BCUT2D eigenvalue weighted by Gasteiger charge is 2.23. The second kappa shape index (κ2) is 8.26. The number of nitrogens with two attached hydrogens (primary N) is 1. The first-order valence-electron chi connectivity index (χ1n) is 7.82. The quantitative estimate of drug-likeness (QED) is 0.670. The van der Waals surface area contributed by atoms with Gasteiger partial charge in [-0.15, -0.1) is 11.3 Å². The molecule has 26 heavy (non-hydrogen) atoms. The summed E-state index contributed by atoms with van der Waals surface area (Å²) in [7, 11) is 0. The fourth-order valence-corrected chi connectivity index (χ4v) is 2.81. The number of carbonyl (C=O) groups is 2. The molecular formula is C19H16N2O4S. The molecule has 0 spiro atoms. The summed E-state index contributed by atoms with van der Waals surface area (Å²) in [5.41, 5.74) is 6.92. The fourth-order valence-electron chi connectivity index (χ4n) is 2.21. The maximum Gasteiger partial charge on any atom is 0.338 e. The summed E-state index contributed by atoms with van der Waals surface area (Å²) in [6.07, 6.45) is -0.844. The van der Waals surface area contributed by atoms with E-state index in [4.69, 9.17) is 15.2 Å². The molecular weight excluding hydrogens is 352 g/mol. The van der Waals surface area contributed by atoms with E-state index in [0.717, 1.165) is 0 Å². The van der Waals surface area contributed by atoms with Crippen LogP contribution in [-0.2, 0) is 9.47 Å². The van der Waals surface area contributed by atoms with Gasteiger partial charge < -0.3 is 15.2 Å². The Morgan fingerprint density at radius 1 is 0.962 bits per heavy atom. The van der Waals surface area contributed by atoms with Crippen molar-refractivity contribution in [3.05, 3.63) is 82.9 Å². The number of nitrogens with zero attached hydrogens (tertiary/aromatic N) is 1. The van der Waals surface area contributed by atoms with Crippen LogP contribution in [0.25, 0.3) is 0 Å². The van der Waals surface area contributed by atoms with Crippen LogP contribution in [0.2, 0.25) is 0 Å². The van der Waals surface area contributed by atoms with Crippen LogP contribution >= 0.6 is 11.3 Å². The lowest BCUT2D eigenvalue weighted by Crippen LogP contribution is -2.19. The van der Waals surface area contributed by atoms with E-state index < -0.39 is 18.0 Å². The van der Waals surface area contributed by atoms with Gasteiger partial charge >= 0.3 is 11.9 Å². The molecule has 2 N–H and O–H groups in total. The fraction of sp³-hybridized carbons (Fsp3) is 0.105. The van der Waals surface area contributed by atoms with Gasteiger partial charge in [0.25, 0.3) is 0 Å². The highest BCUT2D eigenvalue weighted by atomic mass is 32.1. The third-order valence-corrected chi connectivity index (χ3v) is 4.20. The monoisotopic (exact) mass is 368 g/mol. The third-order valence-electron chi connectivity index (χ3n) is 3.50. The lowest BCUT2D eigenvalue weighted by atomic mass is 10.2. The topological polar surface area (TPSA) is 91.5 Å². The summed E-state index contributed by atoms with van der Waals surface area (Å²) in [5, 5.41) is 2.02. The number of ether oxygens (including phenoxy) is 2. The van der Waals surface area contributed by atoms with Crippen LogP contribution in [0.15, 0.2) is 66.0 Å². The van der Waals surface area contributed by atoms with Gasteiger partial charge in [0.05, 0.1) is 16.8 Å². The lowest BCUT2D eigenvalue weighted by molar-refractivity contribution is -0.00229. The van der Waals surface area contributed by atoms with Crippen LogP contribution in [0, 0.1) is 0 Å². The first-order valence-corrected chi connectivity index (χ1v) is 8.70. The van der Waals surface area contributed by atoms with Crippen molar-refractivity contribution in [3.8, 4) is 0 Å². The first kappa shape index (κ1) is 17.6. The van der Waals surface area contributed by atoms with Gasteiger partial charge in [0, 0.05) is 5.38 Å². The Hall–Kier alpha value is -3.19. The van der Waals surface area contributed by atoms with E-state index in [0.29, 0.717) is 22.0 Å². The van der Waals surface area contributed by atoms with E-state index in [9.17, 15) is 9.59 Å². The molecule has 0 amide bonds. The van der Waals surface area contributed by atoms with Crippen molar-refractivity contribution in [3.63, 3.8) is 0 Å². The minimum Gasteiger partial charge on any atom is -0.458 e. The predicted molar refractivity (Wildman–Crippen MR) is 97.8 cm³/mol. The smallest absolute Gasteiger partial charge is 0.338 e. The molecule has 0 bridgehead atoms. The van der Waals surface area contributed by atoms with Crippen LogP contribution in [0.3, 0.4) is 0 Å². The van der Waals surface area contributed by atoms with Gasteiger partial charge in [-0.25, -0.2) is 14.6 Å². The average molecular weight is 368 g/mol. The van der Waals surface area contributed by atoms with Gasteiger partial charge in [-0.2, -0.15) is 0 Å². The van der Waals surface area contributed by atoms with Crippen LogP contribution < -0.4 is 5.73 Å². The molecule has 1 atom stereocenters. The van der Waals surface area contributed by atoms with Crippen molar-refractivity contribution in [1.82, 2.24) is 4.98 Å². The highest BCUT2D eigenvalue weighted by Crippen LogP contribution is 2.23. The van der Waals surface area contributed by atoms with E-state index in [1.807, 2.05) is 0 Å². The zero-order chi connectivity index (χ0) is 18.4. The summed E-state index contributed by atoms with van der Waals surface area (Å²) in [6, 6.07) is 17.1. The Morgan fingerprint density at radius 2 is 1.54 bits per heavy atom. The number of thiazole rings is 1. The molecule has 3 rings (SSSR count). The molecule has 0 saturated heterocycles. The number of carbonyl (C=O) groups excluding carboxylic acids is 2. The largest absolute Gasteiger partial charge is 0.458 e. The Morgan fingerprint density at radius 3 is 2.08 bits per heavy atom. The number of anilines is 1. The molecule has 2 aromatic carbocycles. The molecule has 6 nitrogen and oxygen atoms in total. The predicted octanol–water partition coefficient (Wildman–Crippen LogP) is 3.48. The van der Waals surface area contributed by atoms with Crippen LogP contribution in [0.4, 0.5) is 5.13 Å². The van der Waals surface area contributed by atoms with E-state index in [1.54, 1.807) is 66.0 Å². The Kier molecular flexibility index (Phi) is 5.60. The lowest BCUT2D eigenvalue weighted by Gasteiger charge is -2.16. The number of nitrogen functional groups attached to an aromatic ring is 1. The maximum atomic E-state index is 12.3. The van der Waals surface area contributed by atoms with Gasteiger partial charge in [0.2, 0.25) is 0 Å². The minimum atomic E-state index is -0.844. The second-order valence-electron chi connectivity index (χ2n) is 5.34. The van der Waals surface area contributed by atoms with Gasteiger partial charge in [0.1, 0.15) is 6.61 Å². The number of hydrogen-bond donors (Lipinski definition) is 1. The minimum absolute atomic E-state index is 0.157. The van der Waals surface area contributed by atoms with Crippen molar-refractivity contribution in [2.24, 2.45) is 0 Å². The van der Waals surface area contributed by atoms with Crippen LogP contribution in [0.5, 0.6) is 0 Å². The SMILES string of the molecule is Nc1nc(C(COC(=O)c2ccccc2)OC(=O)c2ccccc2)cs1. The molecule has 0 fully saturated rings. The summed E-state index contributed by atoms with van der Waals surface area (Å²) < 4.78 is 10.8. The van der Waals surface area contributed by atoms with Crippen LogP contribution in [0.1, 0.15) is 32.5 Å². The second-order valence-corrected chi connectivity index (χ2v) is 6.22. The molecule has 0 aliphatic heterocycles. The van der Waals surface area contributed by atoms with Crippen molar-refractivity contribution in [2.75, 3.05) is 12.3 Å². The number of aromatic nitrogens is 1. The van der Waals surface area contributed by atoms with Crippen molar-refractivity contribution < 1.29 is 19.1 Å². The van der Waals surface area contributed by atoms with Gasteiger partial charge in [-0.1, -0.05) is 36.4 Å². The van der Waals surface area contributed by atoms with Crippen molar-refractivity contribution >= 4 is 28.4 Å². The van der Waals surface area contributed by atoms with Gasteiger partial charge in [-0.3, -0.25) is 0 Å². The summed E-state index contributed by atoms with van der Waals surface area (Å²) in [6.45, 7) is -0.157. The van der Waals surface area contributed by atoms with Crippen LogP contribution in [-0.4, -0.2) is 23.5 Å². The summed E-state index contributed by atoms with van der Waals surface area (Å²) in [4.78, 5) is 28.6. The zero-order valence-electron chi connectivity index (χ0n) is 13.7. The van der Waals surface area contributed by atoms with E-state index in [-0.39, 0.29) is 6.61 Å². The van der Waals surface area contributed by atoms with E-state index >= 15 is 0 Å². The van der Waals surface area contributed by atoms with E-state index in [1.165, 1.54) is 11.3 Å². The molecule has 1 unspecified atom stereocenters. The number of rotatable bonds is 6. The van der Waals surface area contributed by atoms with Crippen molar-refractivity contribution in [1.29, 1.82) is 0 Å². The normalized spacial score (nSPS) is 11.5. The summed E-state index contributed by atoms with van der Waals surface area (Å²) in [5.74, 6) is -1.03. The molecule has 0 radical (unpaired) electrons. The van der Waals surface area contributed by atoms with Gasteiger partial charge in [0.15, 0.2) is 11.2 Å². The number of esters is 2. The Bertz CT molecular complexity index is 881. The molecule has 1 heterocycles. The number of hydrogen-bond acceptors (Lipinski definition) is 7. The highest BCUT2D eigenvalue weighted by molar-refractivity contribution is 7.13. The Labute approximate surface area is 154 Å². The molecule has 3 aromatic rings. The first-order chi connectivity index (χ1) is 12.6. The van der Waals surface area contributed by atoms with Gasteiger partial charge in [-0.05, 0) is 24.3 Å². The molecule has 132 valence electrons. The molecule has 0 saturated carbocycles. The third kappa shape index (κ3) is 4.46.